The van der Waals surface area contributed by atoms with E-state index in [1.165, 1.54) is 12.1 Å². The van der Waals surface area contributed by atoms with E-state index in [1.807, 2.05) is 0 Å². The van der Waals surface area contributed by atoms with E-state index in [1.54, 1.807) is 12.1 Å². The number of hydrogen-bond donors (Lipinski definition) is 0. The number of para-hydroxylation sites is 1. The number of alkyl halides is 4. The summed E-state index contributed by atoms with van der Waals surface area (Å²) in [6, 6.07) is 6.25. The Labute approximate surface area is 96.2 Å². The van der Waals surface area contributed by atoms with Crippen LogP contribution in [0.3, 0.4) is 0 Å². The summed E-state index contributed by atoms with van der Waals surface area (Å²) in [5.74, 6) is 0.758. The maximum atomic E-state index is 12.1. The van der Waals surface area contributed by atoms with Crippen molar-refractivity contribution in [1.82, 2.24) is 0 Å². The molecule has 0 amide bonds. The second kappa shape index (κ2) is 4.17. The minimum atomic E-state index is -4.64. The number of benzene rings is 1. The molecular weight excluding hydrogens is 241 g/mol. The monoisotopic (exact) mass is 250 g/mol. The lowest BCUT2D eigenvalue weighted by Crippen LogP contribution is -2.18. The maximum absolute atomic E-state index is 12.1. The van der Waals surface area contributed by atoms with Gasteiger partial charge in [0.2, 0.25) is 0 Å². The quantitative estimate of drug-likeness (QED) is 0.739. The summed E-state index contributed by atoms with van der Waals surface area (Å²) < 4.78 is 40.4. The average Bonchev–Trinajstić information content (AvgIpc) is 2.95. The Morgan fingerprint density at radius 1 is 1.31 bits per heavy atom. The van der Waals surface area contributed by atoms with Gasteiger partial charge in [-0.15, -0.1) is 24.8 Å². The van der Waals surface area contributed by atoms with Crippen molar-refractivity contribution in [2.45, 2.75) is 18.7 Å². The number of hydrogen-bond acceptors (Lipinski definition) is 1. The molecule has 0 spiro atoms. The van der Waals surface area contributed by atoms with Gasteiger partial charge in [-0.1, -0.05) is 18.2 Å². The van der Waals surface area contributed by atoms with Crippen molar-refractivity contribution in [3.63, 3.8) is 0 Å². The van der Waals surface area contributed by atoms with Crippen LogP contribution in [0.1, 0.15) is 17.9 Å². The lowest BCUT2D eigenvalue weighted by molar-refractivity contribution is -0.274. The average molecular weight is 251 g/mol. The van der Waals surface area contributed by atoms with Gasteiger partial charge in [-0.05, 0) is 29.9 Å². The Balaban J connectivity index is 2.19. The van der Waals surface area contributed by atoms with Crippen LogP contribution >= 0.6 is 11.6 Å². The predicted molar refractivity (Wildman–Crippen MR) is 54.7 cm³/mol. The zero-order valence-corrected chi connectivity index (χ0v) is 9.05. The van der Waals surface area contributed by atoms with Crippen LogP contribution in [0.2, 0.25) is 0 Å². The first kappa shape index (κ1) is 11.6. The standard InChI is InChI=1S/C11H10ClF3O/c12-6-7-5-9(7)8-3-1-2-4-10(8)16-11(13,14)15/h1-4,7,9H,5-6H2. The van der Waals surface area contributed by atoms with Crippen molar-refractivity contribution in [2.24, 2.45) is 5.92 Å². The van der Waals surface area contributed by atoms with Gasteiger partial charge in [-0.3, -0.25) is 0 Å². The molecule has 88 valence electrons. The highest BCUT2D eigenvalue weighted by molar-refractivity contribution is 6.18. The molecule has 2 unspecified atom stereocenters. The Morgan fingerprint density at radius 2 is 2.00 bits per heavy atom. The molecule has 16 heavy (non-hydrogen) atoms. The third kappa shape index (κ3) is 2.61. The zero-order valence-electron chi connectivity index (χ0n) is 8.30. The molecule has 1 aliphatic rings. The van der Waals surface area contributed by atoms with Gasteiger partial charge in [0, 0.05) is 5.88 Å². The van der Waals surface area contributed by atoms with E-state index < -0.39 is 6.36 Å². The van der Waals surface area contributed by atoms with Crippen LogP contribution < -0.4 is 4.74 Å². The molecule has 0 heterocycles. The first-order valence-corrected chi connectivity index (χ1v) is 5.45. The molecule has 1 saturated carbocycles. The molecule has 2 rings (SSSR count). The van der Waals surface area contributed by atoms with Gasteiger partial charge < -0.3 is 4.74 Å². The summed E-state index contributed by atoms with van der Waals surface area (Å²) >= 11 is 5.67. The first-order chi connectivity index (χ1) is 7.51. The van der Waals surface area contributed by atoms with Crippen LogP contribution in [0, 0.1) is 5.92 Å². The van der Waals surface area contributed by atoms with E-state index in [-0.39, 0.29) is 17.6 Å². The number of rotatable bonds is 3. The molecule has 1 nitrogen and oxygen atoms in total. The van der Waals surface area contributed by atoms with Crippen molar-refractivity contribution in [1.29, 1.82) is 0 Å². The van der Waals surface area contributed by atoms with Gasteiger partial charge in [0.1, 0.15) is 5.75 Å². The second-order valence-electron chi connectivity index (χ2n) is 3.84. The molecule has 1 aliphatic carbocycles. The minimum Gasteiger partial charge on any atom is -0.405 e. The van der Waals surface area contributed by atoms with Crippen LogP contribution in [-0.4, -0.2) is 12.2 Å². The Kier molecular flexibility index (Phi) is 3.02. The molecule has 1 fully saturated rings. The Morgan fingerprint density at radius 3 is 2.56 bits per heavy atom. The SMILES string of the molecule is FC(F)(F)Oc1ccccc1C1CC1CCl. The Bertz CT molecular complexity index is 378. The normalized spacial score (nSPS) is 24.2. The van der Waals surface area contributed by atoms with Gasteiger partial charge in [0.05, 0.1) is 0 Å². The van der Waals surface area contributed by atoms with E-state index in [4.69, 9.17) is 11.6 Å². The van der Waals surface area contributed by atoms with Crippen molar-refractivity contribution < 1.29 is 17.9 Å². The van der Waals surface area contributed by atoms with Crippen LogP contribution in [0.15, 0.2) is 24.3 Å². The Hall–Kier alpha value is -0.900. The van der Waals surface area contributed by atoms with Crippen LogP contribution in [0.25, 0.3) is 0 Å². The molecule has 0 radical (unpaired) electrons. The van der Waals surface area contributed by atoms with Crippen LogP contribution in [0.4, 0.5) is 13.2 Å². The topological polar surface area (TPSA) is 9.23 Å². The van der Waals surface area contributed by atoms with Gasteiger partial charge in [0.25, 0.3) is 0 Å². The van der Waals surface area contributed by atoms with Crippen molar-refractivity contribution in [2.75, 3.05) is 5.88 Å². The van der Waals surface area contributed by atoms with E-state index in [0.717, 1.165) is 6.42 Å². The van der Waals surface area contributed by atoms with Crippen molar-refractivity contribution >= 4 is 11.6 Å². The number of halogens is 4. The van der Waals surface area contributed by atoms with Gasteiger partial charge in [0.15, 0.2) is 0 Å². The fraction of sp³-hybridized carbons (Fsp3) is 0.455. The van der Waals surface area contributed by atoms with E-state index in [0.29, 0.717) is 11.4 Å². The lowest BCUT2D eigenvalue weighted by atomic mass is 10.1. The summed E-state index contributed by atoms with van der Waals surface area (Å²) in [6.45, 7) is 0. The smallest absolute Gasteiger partial charge is 0.405 e. The molecule has 0 bridgehead atoms. The fourth-order valence-electron chi connectivity index (χ4n) is 1.80. The van der Waals surface area contributed by atoms with E-state index in [2.05, 4.69) is 4.74 Å². The molecule has 1 aromatic rings. The van der Waals surface area contributed by atoms with Gasteiger partial charge >= 0.3 is 6.36 Å². The highest BCUT2D eigenvalue weighted by atomic mass is 35.5. The van der Waals surface area contributed by atoms with Crippen molar-refractivity contribution in [3.05, 3.63) is 29.8 Å². The van der Waals surface area contributed by atoms with Crippen LogP contribution in [-0.2, 0) is 0 Å². The molecule has 0 aromatic heterocycles. The lowest BCUT2D eigenvalue weighted by Gasteiger charge is -2.12. The van der Waals surface area contributed by atoms with Gasteiger partial charge in [-0.2, -0.15) is 0 Å². The zero-order chi connectivity index (χ0) is 11.8. The number of ether oxygens (including phenoxy) is 1. The minimum absolute atomic E-state index is 0.104. The first-order valence-electron chi connectivity index (χ1n) is 4.92. The maximum Gasteiger partial charge on any atom is 0.573 e. The van der Waals surface area contributed by atoms with Gasteiger partial charge in [-0.25, -0.2) is 0 Å². The molecule has 1 aromatic carbocycles. The summed E-state index contributed by atoms with van der Waals surface area (Å²) in [4.78, 5) is 0. The van der Waals surface area contributed by atoms with E-state index >= 15 is 0 Å². The molecule has 0 saturated heterocycles. The molecule has 0 N–H and O–H groups in total. The van der Waals surface area contributed by atoms with E-state index in [9.17, 15) is 13.2 Å². The van der Waals surface area contributed by atoms with Crippen LogP contribution in [0.5, 0.6) is 5.75 Å². The fourth-order valence-corrected chi connectivity index (χ4v) is 2.14. The summed E-state index contributed by atoms with van der Waals surface area (Å²) in [7, 11) is 0. The highest BCUT2D eigenvalue weighted by Crippen LogP contribution is 2.51. The molecule has 2 atom stereocenters. The summed E-state index contributed by atoms with van der Waals surface area (Å²) in [6.07, 6.45) is -3.80. The predicted octanol–water partition coefficient (Wildman–Crippen LogP) is 3.93. The third-order valence-corrected chi connectivity index (χ3v) is 3.06. The van der Waals surface area contributed by atoms with Crippen molar-refractivity contribution in [3.8, 4) is 5.75 Å². The summed E-state index contributed by atoms with van der Waals surface area (Å²) in [5.41, 5.74) is 0.602. The summed E-state index contributed by atoms with van der Waals surface area (Å²) in [5, 5.41) is 0. The molecule has 0 aliphatic heterocycles. The molecule has 5 heteroatoms. The molecular formula is C11H10ClF3O. The highest BCUT2D eigenvalue weighted by Gasteiger charge is 2.41. The largest absolute Gasteiger partial charge is 0.573 e. The third-order valence-electron chi connectivity index (χ3n) is 2.66. The second-order valence-corrected chi connectivity index (χ2v) is 4.15.